The average molecular weight is 573 g/mol. The van der Waals surface area contributed by atoms with Crippen LogP contribution in [-0.4, -0.2) is 41.7 Å². The van der Waals surface area contributed by atoms with E-state index in [0.717, 1.165) is 16.8 Å². The van der Waals surface area contributed by atoms with E-state index in [0.29, 0.717) is 12.1 Å². The lowest BCUT2D eigenvalue weighted by Crippen LogP contribution is -2.66. The van der Waals surface area contributed by atoms with Gasteiger partial charge in [0.1, 0.15) is 5.78 Å². The van der Waals surface area contributed by atoms with E-state index in [1.807, 2.05) is 0 Å². The van der Waals surface area contributed by atoms with Gasteiger partial charge in [-0.15, -0.1) is 0 Å². The maximum atomic E-state index is 13.4. The Labute approximate surface area is 227 Å². The molecule has 13 heteroatoms. The smallest absolute Gasteiger partial charge is 0.372 e. The molecule has 0 aromatic heterocycles. The van der Waals surface area contributed by atoms with E-state index < -0.39 is 46.7 Å². The zero-order valence-corrected chi connectivity index (χ0v) is 21.8. The minimum Gasteiger partial charge on any atom is -0.372 e. The zero-order chi connectivity index (χ0) is 29.9. The van der Waals surface area contributed by atoms with Crippen molar-refractivity contribution in [1.82, 2.24) is 10.2 Å². The molecule has 3 atom stereocenters. The van der Waals surface area contributed by atoms with Gasteiger partial charge in [0.25, 0.3) is 0 Å². The molecule has 2 aromatic rings. The number of piperidine rings is 1. The Hall–Kier alpha value is -3.45. The molecule has 1 aliphatic heterocycles. The molecule has 2 aromatic carbocycles. The number of hydrogen-bond donors (Lipinski definition) is 3. The number of alkyl halides is 6. The molecule has 0 unspecified atom stereocenters. The van der Waals surface area contributed by atoms with Crippen molar-refractivity contribution in [2.24, 2.45) is 5.73 Å². The highest BCUT2D eigenvalue weighted by atomic mass is 19.4. The van der Waals surface area contributed by atoms with Crippen LogP contribution in [-0.2, 0) is 27.4 Å². The molecule has 0 spiro atoms. The highest BCUT2D eigenvalue weighted by Crippen LogP contribution is 2.41. The fourth-order valence-corrected chi connectivity index (χ4v) is 5.08. The first-order valence-corrected chi connectivity index (χ1v) is 12.3. The van der Waals surface area contributed by atoms with Gasteiger partial charge in [0.15, 0.2) is 0 Å². The zero-order valence-electron chi connectivity index (χ0n) is 21.8. The molecular formula is C27H30F6N4O3. The van der Waals surface area contributed by atoms with Crippen molar-refractivity contribution < 1.29 is 40.7 Å². The van der Waals surface area contributed by atoms with Crippen molar-refractivity contribution in [1.29, 1.82) is 5.41 Å². The maximum absolute atomic E-state index is 13.4. The number of hydrogen-bond acceptors (Lipinski definition) is 5. The van der Waals surface area contributed by atoms with Crippen molar-refractivity contribution in [3.63, 3.8) is 0 Å². The average Bonchev–Trinajstić information content (AvgIpc) is 2.87. The van der Waals surface area contributed by atoms with Crippen molar-refractivity contribution in [2.45, 2.75) is 62.6 Å². The van der Waals surface area contributed by atoms with E-state index in [-0.39, 0.29) is 49.8 Å². The molecule has 0 radical (unpaired) electrons. The number of amides is 2. The number of nitrogens with zero attached hydrogens (tertiary/aromatic N) is 1. The van der Waals surface area contributed by atoms with Gasteiger partial charge < -0.3 is 15.8 Å². The van der Waals surface area contributed by atoms with Crippen LogP contribution < -0.4 is 11.1 Å². The van der Waals surface area contributed by atoms with E-state index in [4.69, 9.17) is 15.9 Å². The number of Topliss-reactive ketones (excluding diaryl/α,β-unsaturated/α-hetero) is 1. The van der Waals surface area contributed by atoms with Crippen LogP contribution >= 0.6 is 0 Å². The summed E-state index contributed by atoms with van der Waals surface area (Å²) in [5.74, 6) is -0.239. The number of nitrogens with one attached hydrogen (secondary N) is 2. The fourth-order valence-electron chi connectivity index (χ4n) is 5.08. The molecule has 0 bridgehead atoms. The number of rotatable bonds is 9. The van der Waals surface area contributed by atoms with Crippen LogP contribution in [0.1, 0.15) is 61.5 Å². The van der Waals surface area contributed by atoms with Crippen molar-refractivity contribution in [3.05, 3.63) is 70.8 Å². The number of urea groups is 1. The van der Waals surface area contributed by atoms with Gasteiger partial charge in [0.05, 0.1) is 41.3 Å². The first kappa shape index (κ1) is 31.1. The SMILES string of the molecule is CC(=O)C[C@]1(N(C=N)C(N)=O)CC[C@@](CO[C@H](C)c2cc(C(F)(F)F)cc(C(F)(F)F)c2)(c2ccccc2)NC1. The van der Waals surface area contributed by atoms with Crippen molar-refractivity contribution >= 4 is 18.2 Å². The van der Waals surface area contributed by atoms with Gasteiger partial charge in [-0.3, -0.25) is 15.1 Å². The van der Waals surface area contributed by atoms with Gasteiger partial charge in [0.2, 0.25) is 0 Å². The van der Waals surface area contributed by atoms with Crippen LogP contribution in [0.2, 0.25) is 0 Å². The molecule has 1 aliphatic rings. The molecule has 218 valence electrons. The maximum Gasteiger partial charge on any atom is 0.416 e. The molecule has 3 rings (SSSR count). The van der Waals surface area contributed by atoms with Crippen molar-refractivity contribution in [3.8, 4) is 0 Å². The predicted molar refractivity (Wildman–Crippen MR) is 134 cm³/mol. The molecule has 0 aliphatic carbocycles. The normalized spacial score (nSPS) is 22.4. The molecule has 1 saturated heterocycles. The van der Waals surface area contributed by atoms with Crippen LogP contribution in [0.3, 0.4) is 0 Å². The largest absolute Gasteiger partial charge is 0.416 e. The van der Waals surface area contributed by atoms with E-state index >= 15 is 0 Å². The van der Waals surface area contributed by atoms with E-state index in [1.54, 1.807) is 30.3 Å². The number of primary amides is 1. The van der Waals surface area contributed by atoms with Gasteiger partial charge in [0, 0.05) is 13.0 Å². The summed E-state index contributed by atoms with van der Waals surface area (Å²) in [6, 6.07) is 9.28. The third-order valence-electron chi connectivity index (χ3n) is 7.21. The highest BCUT2D eigenvalue weighted by molar-refractivity contribution is 5.87. The number of benzene rings is 2. The highest BCUT2D eigenvalue weighted by Gasteiger charge is 2.48. The molecule has 1 fully saturated rings. The number of ether oxygens (including phenoxy) is 1. The number of halogens is 6. The Kier molecular flexibility index (Phi) is 8.99. The third kappa shape index (κ3) is 6.81. The lowest BCUT2D eigenvalue weighted by molar-refractivity contribution is -0.143. The Morgan fingerprint density at radius 1 is 1.07 bits per heavy atom. The predicted octanol–water partition coefficient (Wildman–Crippen LogP) is 5.79. The summed E-state index contributed by atoms with van der Waals surface area (Å²) in [4.78, 5) is 25.2. The summed E-state index contributed by atoms with van der Waals surface area (Å²) in [6.07, 6.45) is -10.0. The topological polar surface area (TPSA) is 109 Å². The van der Waals surface area contributed by atoms with Crippen LogP contribution in [0.15, 0.2) is 48.5 Å². The van der Waals surface area contributed by atoms with E-state index in [9.17, 15) is 35.9 Å². The minimum absolute atomic E-state index is 0.0132. The van der Waals surface area contributed by atoms with Crippen LogP contribution in [0.25, 0.3) is 0 Å². The van der Waals surface area contributed by atoms with Gasteiger partial charge in [-0.1, -0.05) is 30.3 Å². The van der Waals surface area contributed by atoms with Gasteiger partial charge in [-0.2, -0.15) is 26.3 Å². The summed E-state index contributed by atoms with van der Waals surface area (Å²) in [5.41, 5.74) is 0.907. The summed E-state index contributed by atoms with van der Waals surface area (Å²) in [5, 5.41) is 11.0. The van der Waals surface area contributed by atoms with E-state index in [1.165, 1.54) is 13.8 Å². The number of carbonyl (C=O) groups excluding carboxylic acids is 2. The molecule has 0 saturated carbocycles. The summed E-state index contributed by atoms with van der Waals surface area (Å²) < 4.78 is 86.2. The standard InChI is InChI=1S/C27H30F6N4O3/c1-17(38)13-24(37(16-34)23(35)39)8-9-25(36-14-24,20-6-4-3-5-7-20)15-40-18(2)19-10-21(26(28,29)30)12-22(11-19)27(31,32)33/h3-7,10-12,16,18,34,36H,8-9,13-15H2,1-2H3,(H2,35,39)/t18-,24-,25-/m1/s1. The van der Waals surface area contributed by atoms with Gasteiger partial charge in [-0.05, 0) is 56.0 Å². The van der Waals surface area contributed by atoms with Gasteiger partial charge >= 0.3 is 18.4 Å². The second-order valence-corrected chi connectivity index (χ2v) is 10.0. The third-order valence-corrected chi connectivity index (χ3v) is 7.21. The Bertz CT molecular complexity index is 1190. The summed E-state index contributed by atoms with van der Waals surface area (Å²) in [7, 11) is 0. The monoisotopic (exact) mass is 572 g/mol. The number of nitrogens with two attached hydrogens (primary N) is 1. The fraction of sp³-hybridized carbons (Fsp3) is 0.444. The molecule has 2 amide bonds. The first-order chi connectivity index (χ1) is 18.5. The summed E-state index contributed by atoms with van der Waals surface area (Å²) in [6.45, 7) is 2.56. The Balaban J connectivity index is 1.94. The lowest BCUT2D eigenvalue weighted by Gasteiger charge is -2.50. The van der Waals surface area contributed by atoms with Gasteiger partial charge in [-0.25, -0.2) is 4.79 Å². The number of ketones is 1. The van der Waals surface area contributed by atoms with E-state index in [2.05, 4.69) is 5.32 Å². The van der Waals surface area contributed by atoms with Crippen LogP contribution in [0.5, 0.6) is 0 Å². The second kappa shape index (κ2) is 11.6. The minimum atomic E-state index is -4.99. The van der Waals surface area contributed by atoms with Crippen molar-refractivity contribution in [2.75, 3.05) is 13.2 Å². The molecule has 4 N–H and O–H groups in total. The first-order valence-electron chi connectivity index (χ1n) is 12.3. The second-order valence-electron chi connectivity index (χ2n) is 10.0. The molecule has 7 nitrogen and oxygen atoms in total. The van der Waals surface area contributed by atoms with Crippen LogP contribution in [0, 0.1) is 5.41 Å². The molecular weight excluding hydrogens is 542 g/mol. The van der Waals surface area contributed by atoms with Crippen LogP contribution in [0.4, 0.5) is 31.1 Å². The Morgan fingerprint density at radius 2 is 1.65 bits per heavy atom. The lowest BCUT2D eigenvalue weighted by atomic mass is 9.74. The number of carbonyl (C=O) groups is 2. The molecule has 40 heavy (non-hydrogen) atoms. The molecule has 1 heterocycles. The Morgan fingerprint density at radius 3 is 2.08 bits per heavy atom. The quantitative estimate of drug-likeness (QED) is 0.201. The summed E-state index contributed by atoms with van der Waals surface area (Å²) >= 11 is 0.